The van der Waals surface area contributed by atoms with Gasteiger partial charge in [0, 0.05) is 30.8 Å². The maximum absolute atomic E-state index is 13.0. The standard InChI is InChI=1S/C20H23ClN2O4S/c1-22(17-7-9-18(27-2)10-8-17)20(24)15-4-3-13-23(14-15)28(25,26)19-11-5-16(21)6-12-19/h5-12,15H,3-4,13-14H2,1-2H3. The van der Waals surface area contributed by atoms with Gasteiger partial charge in [0.1, 0.15) is 5.75 Å². The zero-order valence-electron chi connectivity index (χ0n) is 15.8. The number of ether oxygens (including phenoxy) is 1. The van der Waals surface area contributed by atoms with Crippen LogP contribution in [0.3, 0.4) is 0 Å². The Hall–Kier alpha value is -2.09. The van der Waals surface area contributed by atoms with Crippen LogP contribution in [0, 0.1) is 5.92 Å². The van der Waals surface area contributed by atoms with Crippen LogP contribution < -0.4 is 9.64 Å². The van der Waals surface area contributed by atoms with Gasteiger partial charge in [-0.2, -0.15) is 4.31 Å². The fraction of sp³-hybridized carbons (Fsp3) is 0.350. The Bertz CT molecular complexity index is 930. The molecule has 2 aromatic carbocycles. The first-order valence-electron chi connectivity index (χ1n) is 9.00. The molecular weight excluding hydrogens is 400 g/mol. The topological polar surface area (TPSA) is 66.9 Å². The SMILES string of the molecule is COc1ccc(N(C)C(=O)C2CCCN(S(=O)(=O)c3ccc(Cl)cc3)C2)cc1. The molecule has 8 heteroatoms. The molecule has 1 aliphatic rings. The van der Waals surface area contributed by atoms with Crippen LogP contribution in [0.25, 0.3) is 0 Å². The summed E-state index contributed by atoms with van der Waals surface area (Å²) in [4.78, 5) is 14.7. The van der Waals surface area contributed by atoms with Crippen LogP contribution >= 0.6 is 11.6 Å². The van der Waals surface area contributed by atoms with Gasteiger partial charge in [-0.25, -0.2) is 8.42 Å². The zero-order valence-corrected chi connectivity index (χ0v) is 17.4. The maximum atomic E-state index is 13.0. The molecule has 3 rings (SSSR count). The summed E-state index contributed by atoms with van der Waals surface area (Å²) in [5, 5.41) is 0.478. The molecule has 2 aromatic rings. The predicted molar refractivity (Wildman–Crippen MR) is 109 cm³/mol. The van der Waals surface area contributed by atoms with Crippen LogP contribution in [0.4, 0.5) is 5.69 Å². The van der Waals surface area contributed by atoms with Gasteiger partial charge < -0.3 is 9.64 Å². The van der Waals surface area contributed by atoms with Crippen LogP contribution in [-0.4, -0.2) is 45.9 Å². The lowest BCUT2D eigenvalue weighted by molar-refractivity contribution is -0.123. The van der Waals surface area contributed by atoms with E-state index in [4.69, 9.17) is 16.3 Å². The van der Waals surface area contributed by atoms with E-state index in [1.54, 1.807) is 43.3 Å². The van der Waals surface area contributed by atoms with E-state index in [1.807, 2.05) is 12.1 Å². The lowest BCUT2D eigenvalue weighted by atomic mass is 9.98. The van der Waals surface area contributed by atoms with Crippen molar-refractivity contribution in [3.63, 3.8) is 0 Å². The first-order valence-corrected chi connectivity index (χ1v) is 10.8. The van der Waals surface area contributed by atoms with Crippen molar-refractivity contribution in [1.82, 2.24) is 4.31 Å². The molecule has 150 valence electrons. The van der Waals surface area contributed by atoms with Crippen molar-refractivity contribution in [3.8, 4) is 5.75 Å². The largest absolute Gasteiger partial charge is 0.497 e. The normalized spacial score (nSPS) is 17.9. The molecule has 1 fully saturated rings. The molecule has 1 heterocycles. The number of hydrogen-bond donors (Lipinski definition) is 0. The summed E-state index contributed by atoms with van der Waals surface area (Å²) in [5.41, 5.74) is 0.739. The molecule has 0 spiro atoms. The molecule has 1 unspecified atom stereocenters. The van der Waals surface area contributed by atoms with E-state index in [9.17, 15) is 13.2 Å². The van der Waals surface area contributed by atoms with Gasteiger partial charge in [-0.1, -0.05) is 11.6 Å². The Morgan fingerprint density at radius 1 is 1.14 bits per heavy atom. The molecule has 6 nitrogen and oxygen atoms in total. The highest BCUT2D eigenvalue weighted by Crippen LogP contribution is 2.27. The first kappa shape index (κ1) is 20.6. The van der Waals surface area contributed by atoms with Crippen molar-refractivity contribution in [2.45, 2.75) is 17.7 Å². The summed E-state index contributed by atoms with van der Waals surface area (Å²) >= 11 is 5.86. The van der Waals surface area contributed by atoms with Crippen molar-refractivity contribution in [1.29, 1.82) is 0 Å². The Kier molecular flexibility index (Phi) is 6.27. The van der Waals surface area contributed by atoms with Crippen molar-refractivity contribution < 1.29 is 17.9 Å². The van der Waals surface area contributed by atoms with E-state index in [0.29, 0.717) is 30.2 Å². The molecule has 0 bridgehead atoms. The predicted octanol–water partition coefficient (Wildman–Crippen LogP) is 3.41. The molecule has 1 aliphatic heterocycles. The Morgan fingerprint density at radius 3 is 2.39 bits per heavy atom. The summed E-state index contributed by atoms with van der Waals surface area (Å²) in [6.07, 6.45) is 1.30. The Morgan fingerprint density at radius 2 is 1.79 bits per heavy atom. The minimum atomic E-state index is -3.66. The summed E-state index contributed by atoms with van der Waals surface area (Å²) in [6, 6.07) is 13.3. The van der Waals surface area contributed by atoms with E-state index in [1.165, 1.54) is 16.4 Å². The molecule has 0 aliphatic carbocycles. The number of methoxy groups -OCH3 is 1. The second-order valence-corrected chi connectivity index (χ2v) is 9.13. The summed E-state index contributed by atoms with van der Waals surface area (Å²) in [6.45, 7) is 0.575. The molecule has 1 saturated heterocycles. The van der Waals surface area contributed by atoms with Crippen molar-refractivity contribution in [2.75, 3.05) is 32.1 Å². The molecule has 1 atom stereocenters. The lowest BCUT2D eigenvalue weighted by Crippen LogP contribution is -2.45. The Balaban J connectivity index is 1.74. The smallest absolute Gasteiger partial charge is 0.243 e. The highest BCUT2D eigenvalue weighted by Gasteiger charge is 2.34. The van der Waals surface area contributed by atoms with Gasteiger partial charge in [0.15, 0.2) is 0 Å². The first-order chi connectivity index (χ1) is 13.3. The second-order valence-electron chi connectivity index (χ2n) is 6.75. The number of halogens is 1. The number of carbonyl (C=O) groups excluding carboxylic acids is 1. The highest BCUT2D eigenvalue weighted by atomic mass is 35.5. The van der Waals surface area contributed by atoms with E-state index >= 15 is 0 Å². The van der Waals surface area contributed by atoms with Gasteiger partial charge >= 0.3 is 0 Å². The van der Waals surface area contributed by atoms with E-state index in [0.717, 1.165) is 5.69 Å². The average Bonchev–Trinajstić information content (AvgIpc) is 2.73. The third-order valence-corrected chi connectivity index (χ3v) is 7.11. The molecule has 0 aromatic heterocycles. The summed E-state index contributed by atoms with van der Waals surface area (Å²) in [7, 11) is -0.367. The van der Waals surface area contributed by atoms with Gasteiger partial charge in [0.2, 0.25) is 15.9 Å². The third kappa shape index (κ3) is 4.32. The number of rotatable bonds is 5. The number of sulfonamides is 1. The van der Waals surface area contributed by atoms with E-state index in [2.05, 4.69) is 0 Å². The van der Waals surface area contributed by atoms with Crippen LogP contribution in [0.2, 0.25) is 5.02 Å². The van der Waals surface area contributed by atoms with Gasteiger partial charge in [0.05, 0.1) is 17.9 Å². The Labute approximate surface area is 170 Å². The molecule has 0 radical (unpaired) electrons. The van der Waals surface area contributed by atoms with Gasteiger partial charge in [0.25, 0.3) is 0 Å². The van der Waals surface area contributed by atoms with Crippen LogP contribution in [-0.2, 0) is 14.8 Å². The molecule has 0 saturated carbocycles. The van der Waals surface area contributed by atoms with Crippen molar-refractivity contribution >= 4 is 33.2 Å². The fourth-order valence-corrected chi connectivity index (χ4v) is 4.97. The van der Waals surface area contributed by atoms with Crippen LogP contribution in [0.5, 0.6) is 5.75 Å². The number of benzene rings is 2. The summed E-state index contributed by atoms with van der Waals surface area (Å²) in [5.74, 6) is 0.228. The van der Waals surface area contributed by atoms with Crippen LogP contribution in [0.15, 0.2) is 53.4 Å². The second kappa shape index (κ2) is 8.51. The minimum absolute atomic E-state index is 0.0961. The minimum Gasteiger partial charge on any atom is -0.497 e. The molecular formula is C20H23ClN2O4S. The molecule has 1 amide bonds. The van der Waals surface area contributed by atoms with Crippen molar-refractivity contribution in [2.24, 2.45) is 5.92 Å². The highest BCUT2D eigenvalue weighted by molar-refractivity contribution is 7.89. The fourth-order valence-electron chi connectivity index (χ4n) is 3.32. The number of nitrogens with zero attached hydrogens (tertiary/aromatic N) is 2. The zero-order chi connectivity index (χ0) is 20.3. The van der Waals surface area contributed by atoms with E-state index < -0.39 is 10.0 Å². The number of hydrogen-bond acceptors (Lipinski definition) is 4. The monoisotopic (exact) mass is 422 g/mol. The van der Waals surface area contributed by atoms with Gasteiger partial charge in [-0.15, -0.1) is 0 Å². The molecule has 0 N–H and O–H groups in total. The number of piperidine rings is 1. The molecule has 28 heavy (non-hydrogen) atoms. The van der Waals surface area contributed by atoms with Gasteiger partial charge in [-0.05, 0) is 61.4 Å². The maximum Gasteiger partial charge on any atom is 0.243 e. The number of carbonyl (C=O) groups is 1. The number of amides is 1. The van der Waals surface area contributed by atoms with Crippen LogP contribution in [0.1, 0.15) is 12.8 Å². The van der Waals surface area contributed by atoms with Crippen molar-refractivity contribution in [3.05, 3.63) is 53.6 Å². The van der Waals surface area contributed by atoms with E-state index in [-0.39, 0.29) is 23.3 Å². The van der Waals surface area contributed by atoms with Gasteiger partial charge in [-0.3, -0.25) is 4.79 Å². The summed E-state index contributed by atoms with van der Waals surface area (Å²) < 4.78 is 32.4. The lowest BCUT2D eigenvalue weighted by Gasteiger charge is -2.33. The average molecular weight is 423 g/mol. The quantitative estimate of drug-likeness (QED) is 0.740. The number of anilines is 1. The third-order valence-electron chi connectivity index (χ3n) is 4.98.